The highest BCUT2D eigenvalue weighted by molar-refractivity contribution is 9.10. The predicted octanol–water partition coefficient (Wildman–Crippen LogP) is 3.03. The Labute approximate surface area is 124 Å². The number of nitrogens with zero attached hydrogens (tertiary/aromatic N) is 1. The first-order valence-corrected chi connectivity index (χ1v) is 7.84. The molecule has 0 aliphatic carbocycles. The van der Waals surface area contributed by atoms with Crippen molar-refractivity contribution < 1.29 is 4.74 Å². The summed E-state index contributed by atoms with van der Waals surface area (Å²) in [6, 6.07) is 6.23. The van der Waals surface area contributed by atoms with E-state index in [2.05, 4.69) is 38.3 Å². The van der Waals surface area contributed by atoms with Crippen molar-refractivity contribution in [2.45, 2.75) is 25.8 Å². The lowest BCUT2D eigenvalue weighted by atomic mass is 10.2. The summed E-state index contributed by atoms with van der Waals surface area (Å²) < 4.78 is 6.25. The predicted molar refractivity (Wildman–Crippen MR) is 82.7 cm³/mol. The Morgan fingerprint density at radius 2 is 2.11 bits per heavy atom. The maximum absolute atomic E-state index is 5.23. The standard InChI is InChI=1S/C15H23BrN2O/c1-19-15-6-5-13(11-14(15)16)12-17-7-4-10-18-8-2-3-9-18/h5-6,11,17H,2-4,7-10,12H2,1H3. The lowest BCUT2D eigenvalue weighted by Gasteiger charge is -2.14. The number of halogens is 1. The van der Waals surface area contributed by atoms with Crippen LogP contribution in [-0.4, -0.2) is 38.2 Å². The van der Waals surface area contributed by atoms with Gasteiger partial charge >= 0.3 is 0 Å². The molecule has 1 N–H and O–H groups in total. The number of rotatable bonds is 7. The highest BCUT2D eigenvalue weighted by Gasteiger charge is 2.09. The smallest absolute Gasteiger partial charge is 0.133 e. The number of likely N-dealkylation sites (tertiary alicyclic amines) is 1. The fraction of sp³-hybridized carbons (Fsp3) is 0.600. The summed E-state index contributed by atoms with van der Waals surface area (Å²) in [5.74, 6) is 0.887. The average Bonchev–Trinajstić information content (AvgIpc) is 2.92. The third kappa shape index (κ3) is 4.79. The lowest BCUT2D eigenvalue weighted by Crippen LogP contribution is -2.24. The second kappa shape index (κ2) is 7.88. The topological polar surface area (TPSA) is 24.5 Å². The van der Waals surface area contributed by atoms with Gasteiger partial charge in [0.15, 0.2) is 0 Å². The zero-order valence-corrected chi connectivity index (χ0v) is 13.2. The van der Waals surface area contributed by atoms with Gasteiger partial charge < -0.3 is 15.0 Å². The summed E-state index contributed by atoms with van der Waals surface area (Å²) in [4.78, 5) is 2.56. The van der Waals surface area contributed by atoms with Crippen LogP contribution in [0.5, 0.6) is 5.75 Å². The zero-order chi connectivity index (χ0) is 13.5. The van der Waals surface area contributed by atoms with Gasteiger partial charge in [-0.1, -0.05) is 6.07 Å². The van der Waals surface area contributed by atoms with Gasteiger partial charge in [-0.25, -0.2) is 0 Å². The van der Waals surface area contributed by atoms with Gasteiger partial charge in [-0.15, -0.1) is 0 Å². The molecule has 0 unspecified atom stereocenters. The summed E-state index contributed by atoms with van der Waals surface area (Å²) in [5, 5.41) is 3.50. The molecule has 1 aliphatic rings. The molecule has 0 spiro atoms. The van der Waals surface area contributed by atoms with Crippen LogP contribution in [0.25, 0.3) is 0 Å². The minimum absolute atomic E-state index is 0.887. The monoisotopic (exact) mass is 326 g/mol. The SMILES string of the molecule is COc1ccc(CNCCCN2CCCC2)cc1Br. The Bertz CT molecular complexity index is 392. The van der Waals surface area contributed by atoms with Gasteiger partial charge in [-0.05, 0) is 79.1 Å². The number of methoxy groups -OCH3 is 1. The van der Waals surface area contributed by atoms with Gasteiger partial charge in [-0.3, -0.25) is 0 Å². The van der Waals surface area contributed by atoms with Gasteiger partial charge in [-0.2, -0.15) is 0 Å². The van der Waals surface area contributed by atoms with Crippen molar-refractivity contribution in [3.8, 4) is 5.75 Å². The molecule has 2 rings (SSSR count). The molecule has 1 aromatic carbocycles. The maximum atomic E-state index is 5.23. The Hall–Kier alpha value is -0.580. The molecule has 3 nitrogen and oxygen atoms in total. The van der Waals surface area contributed by atoms with Crippen molar-refractivity contribution in [3.63, 3.8) is 0 Å². The van der Waals surface area contributed by atoms with Gasteiger partial charge in [0.1, 0.15) is 5.75 Å². The van der Waals surface area contributed by atoms with Crippen LogP contribution >= 0.6 is 15.9 Å². The van der Waals surface area contributed by atoms with Crippen molar-refractivity contribution >= 4 is 15.9 Å². The first-order valence-electron chi connectivity index (χ1n) is 7.05. The summed E-state index contributed by atoms with van der Waals surface area (Å²) in [7, 11) is 1.69. The van der Waals surface area contributed by atoms with Crippen molar-refractivity contribution in [2.24, 2.45) is 0 Å². The first-order chi connectivity index (χ1) is 9.29. The Morgan fingerprint density at radius 1 is 1.32 bits per heavy atom. The molecule has 19 heavy (non-hydrogen) atoms. The fourth-order valence-corrected chi connectivity index (χ4v) is 3.07. The minimum Gasteiger partial charge on any atom is -0.496 e. The number of nitrogens with one attached hydrogen (secondary N) is 1. The number of hydrogen-bond donors (Lipinski definition) is 1. The molecule has 0 amide bonds. The van der Waals surface area contributed by atoms with Crippen molar-refractivity contribution in [2.75, 3.05) is 33.3 Å². The van der Waals surface area contributed by atoms with Crippen molar-refractivity contribution in [1.82, 2.24) is 10.2 Å². The molecule has 0 bridgehead atoms. The molecule has 1 fully saturated rings. The summed E-state index contributed by atoms with van der Waals surface area (Å²) in [5.41, 5.74) is 1.29. The van der Waals surface area contributed by atoms with E-state index in [1.807, 2.05) is 6.07 Å². The van der Waals surface area contributed by atoms with E-state index in [1.54, 1.807) is 7.11 Å². The molecule has 0 radical (unpaired) electrons. The summed E-state index contributed by atoms with van der Waals surface area (Å²) in [6.45, 7) is 5.83. The molecule has 0 aromatic heterocycles. The van der Waals surface area contributed by atoms with Crippen LogP contribution < -0.4 is 10.1 Å². The minimum atomic E-state index is 0.887. The summed E-state index contributed by atoms with van der Waals surface area (Å²) >= 11 is 3.52. The van der Waals surface area contributed by atoms with Gasteiger partial charge in [0.25, 0.3) is 0 Å². The highest BCUT2D eigenvalue weighted by Crippen LogP contribution is 2.25. The molecule has 1 aromatic rings. The molecule has 4 heteroatoms. The lowest BCUT2D eigenvalue weighted by molar-refractivity contribution is 0.331. The van der Waals surface area contributed by atoms with Crippen molar-refractivity contribution in [1.29, 1.82) is 0 Å². The Morgan fingerprint density at radius 3 is 2.79 bits per heavy atom. The van der Waals surface area contributed by atoms with E-state index in [0.29, 0.717) is 0 Å². The number of benzene rings is 1. The second-order valence-electron chi connectivity index (χ2n) is 5.05. The van der Waals surface area contributed by atoms with Gasteiger partial charge in [0.2, 0.25) is 0 Å². The maximum Gasteiger partial charge on any atom is 0.133 e. The molecular weight excluding hydrogens is 304 g/mol. The van der Waals surface area contributed by atoms with Crippen LogP contribution in [0, 0.1) is 0 Å². The third-order valence-electron chi connectivity index (χ3n) is 3.57. The van der Waals surface area contributed by atoms with E-state index >= 15 is 0 Å². The van der Waals surface area contributed by atoms with Crippen molar-refractivity contribution in [3.05, 3.63) is 28.2 Å². The van der Waals surface area contributed by atoms with E-state index in [9.17, 15) is 0 Å². The molecule has 1 heterocycles. The normalized spacial score (nSPS) is 15.9. The van der Waals surface area contributed by atoms with Crippen LogP contribution in [0.3, 0.4) is 0 Å². The second-order valence-corrected chi connectivity index (χ2v) is 5.90. The summed E-state index contributed by atoms with van der Waals surface area (Å²) in [6.07, 6.45) is 4.00. The molecule has 1 saturated heterocycles. The Balaban J connectivity index is 1.63. The first kappa shape index (κ1) is 14.8. The number of ether oxygens (including phenoxy) is 1. The quantitative estimate of drug-likeness (QED) is 0.779. The molecule has 0 atom stereocenters. The van der Waals surface area contributed by atoms with Crippen LogP contribution in [0.1, 0.15) is 24.8 Å². The molecule has 1 aliphatic heterocycles. The van der Waals surface area contributed by atoms with E-state index in [-0.39, 0.29) is 0 Å². The molecular formula is C15H23BrN2O. The van der Waals surface area contributed by atoms with Gasteiger partial charge in [0, 0.05) is 6.54 Å². The van der Waals surface area contributed by atoms with Crippen LogP contribution in [-0.2, 0) is 6.54 Å². The largest absolute Gasteiger partial charge is 0.496 e. The third-order valence-corrected chi connectivity index (χ3v) is 4.19. The highest BCUT2D eigenvalue weighted by atomic mass is 79.9. The molecule has 0 saturated carbocycles. The molecule has 106 valence electrons. The Kier molecular flexibility index (Phi) is 6.14. The van der Waals surface area contributed by atoms with Gasteiger partial charge in [0.05, 0.1) is 11.6 Å². The van der Waals surface area contributed by atoms with E-state index in [0.717, 1.165) is 23.3 Å². The number of hydrogen-bond acceptors (Lipinski definition) is 3. The van der Waals surface area contributed by atoms with E-state index in [4.69, 9.17) is 4.74 Å². The van der Waals surface area contributed by atoms with E-state index in [1.165, 1.54) is 44.5 Å². The van der Waals surface area contributed by atoms with Crippen LogP contribution in [0.15, 0.2) is 22.7 Å². The van der Waals surface area contributed by atoms with E-state index < -0.39 is 0 Å². The van der Waals surface area contributed by atoms with Crippen LogP contribution in [0.2, 0.25) is 0 Å². The fourth-order valence-electron chi connectivity index (χ4n) is 2.49. The average molecular weight is 327 g/mol. The van der Waals surface area contributed by atoms with Crippen LogP contribution in [0.4, 0.5) is 0 Å². The zero-order valence-electron chi connectivity index (χ0n) is 11.6.